The summed E-state index contributed by atoms with van der Waals surface area (Å²) in [7, 11) is 15.2. The lowest BCUT2D eigenvalue weighted by Crippen LogP contribution is -3.00. The molecule has 0 bridgehead atoms. The van der Waals surface area contributed by atoms with Crippen LogP contribution in [0.3, 0.4) is 0 Å². The molecule has 0 N–H and O–H groups in total. The lowest BCUT2D eigenvalue weighted by Gasteiger charge is -2.61. The van der Waals surface area contributed by atoms with Crippen molar-refractivity contribution in [3.8, 4) is 0 Å². The van der Waals surface area contributed by atoms with Gasteiger partial charge in [-0.25, -0.2) is 0 Å². The van der Waals surface area contributed by atoms with Crippen LogP contribution in [0.5, 0.6) is 0 Å². The SMILES string of the molecule is CCCc1ccc(C[N+](C)(C)C2CC(C)(C)N([O-])C(C)(C)C2)cc1.CN(C)C1CC(C)(C)N([O-])C(C)(C)C1.[B]P.[Br-]. The highest BCUT2D eigenvalue weighted by molar-refractivity contribution is 7.49. The van der Waals surface area contributed by atoms with E-state index in [2.05, 4.69) is 99.5 Å². The first-order valence-electron chi connectivity index (χ1n) is 15.0. The van der Waals surface area contributed by atoms with Gasteiger partial charge in [-0.05, 0) is 94.3 Å². The van der Waals surface area contributed by atoms with E-state index in [1.807, 2.05) is 36.8 Å². The summed E-state index contributed by atoms with van der Waals surface area (Å²) in [5.74, 6) is 0. The molecule has 2 heterocycles. The topological polar surface area (TPSA) is 55.8 Å². The highest BCUT2D eigenvalue weighted by atomic mass is 79.9. The Morgan fingerprint density at radius 1 is 0.780 bits per heavy atom. The molecule has 1 aromatic rings. The van der Waals surface area contributed by atoms with Crippen LogP contribution >= 0.6 is 9.12 Å². The van der Waals surface area contributed by atoms with E-state index in [0.29, 0.717) is 12.1 Å². The second kappa shape index (κ2) is 15.8. The van der Waals surface area contributed by atoms with Gasteiger partial charge in [0.2, 0.25) is 0 Å². The van der Waals surface area contributed by atoms with Gasteiger partial charge in [0.1, 0.15) is 6.54 Å². The van der Waals surface area contributed by atoms with Gasteiger partial charge in [0.05, 0.1) is 27.7 Å². The predicted octanol–water partition coefficient (Wildman–Crippen LogP) is 3.75. The maximum Gasteiger partial charge on any atom is 0.104 e. The molecule has 0 spiro atoms. The molecular formula is C32H61BBrN4O2P-2. The number of aryl methyl sites for hydroxylation is 1. The Morgan fingerprint density at radius 3 is 1.46 bits per heavy atom. The number of hydrogen-bond acceptors (Lipinski definition) is 5. The molecule has 1 unspecified atom stereocenters. The smallest absolute Gasteiger partial charge is 0.104 e. The van der Waals surface area contributed by atoms with Crippen molar-refractivity contribution in [3.05, 3.63) is 45.8 Å². The average Bonchev–Trinajstić information content (AvgIpc) is 2.83. The molecule has 2 saturated heterocycles. The van der Waals surface area contributed by atoms with Crippen LogP contribution in [-0.4, -0.2) is 89.5 Å². The number of quaternary nitrogens is 1. The summed E-state index contributed by atoms with van der Waals surface area (Å²) >= 11 is 0. The molecule has 1 aromatic carbocycles. The molecule has 0 aromatic heterocycles. The van der Waals surface area contributed by atoms with Gasteiger partial charge >= 0.3 is 0 Å². The minimum Gasteiger partial charge on any atom is -1.00 e. The van der Waals surface area contributed by atoms with Gasteiger partial charge in [-0.1, -0.05) is 37.6 Å². The number of piperidine rings is 2. The molecule has 2 aliphatic heterocycles. The number of hydrogen-bond donors (Lipinski definition) is 0. The Hall–Kier alpha value is -0.0451. The zero-order valence-electron chi connectivity index (χ0n) is 28.6. The van der Waals surface area contributed by atoms with Crippen molar-refractivity contribution < 1.29 is 21.5 Å². The molecule has 0 amide bonds. The number of rotatable bonds is 6. The van der Waals surface area contributed by atoms with Gasteiger partial charge < -0.3 is 46.9 Å². The summed E-state index contributed by atoms with van der Waals surface area (Å²) in [6.07, 6.45) is 6.14. The lowest BCUT2D eigenvalue weighted by atomic mass is 9.77. The molecule has 41 heavy (non-hydrogen) atoms. The largest absolute Gasteiger partial charge is 1.00 e. The molecule has 0 aliphatic carbocycles. The fourth-order valence-corrected chi connectivity index (χ4v) is 6.98. The number of halogens is 1. The summed E-state index contributed by atoms with van der Waals surface area (Å²) in [6, 6.07) is 10.1. The van der Waals surface area contributed by atoms with Gasteiger partial charge in [-0.15, -0.1) is 0 Å². The van der Waals surface area contributed by atoms with Crippen LogP contribution in [0.25, 0.3) is 0 Å². The fraction of sp³-hybridized carbons (Fsp3) is 0.812. The first-order chi connectivity index (χ1) is 18.1. The van der Waals surface area contributed by atoms with Crippen molar-refractivity contribution in [1.29, 1.82) is 0 Å². The molecule has 2 radical (unpaired) electrons. The van der Waals surface area contributed by atoms with Crippen molar-refractivity contribution in [2.24, 2.45) is 0 Å². The molecule has 2 aliphatic rings. The summed E-state index contributed by atoms with van der Waals surface area (Å²) in [4.78, 5) is 2.23. The molecular weight excluding hydrogens is 594 g/mol. The molecule has 0 saturated carbocycles. The first kappa shape index (κ1) is 41.0. The van der Waals surface area contributed by atoms with Gasteiger partial charge in [-0.2, -0.15) is 9.12 Å². The van der Waals surface area contributed by atoms with E-state index in [1.54, 1.807) is 0 Å². The minimum atomic E-state index is -0.299. The molecule has 6 nitrogen and oxygen atoms in total. The van der Waals surface area contributed by atoms with E-state index in [9.17, 15) is 10.4 Å². The van der Waals surface area contributed by atoms with Gasteiger partial charge in [0, 0.05) is 46.6 Å². The van der Waals surface area contributed by atoms with Crippen LogP contribution in [0.4, 0.5) is 0 Å². The Balaban J connectivity index is 0.000000806. The molecule has 1 atom stereocenters. The summed E-state index contributed by atoms with van der Waals surface area (Å²) < 4.78 is 0.938. The fourth-order valence-electron chi connectivity index (χ4n) is 6.98. The van der Waals surface area contributed by atoms with Crippen LogP contribution < -0.4 is 17.0 Å². The third-order valence-electron chi connectivity index (χ3n) is 9.01. The van der Waals surface area contributed by atoms with Crippen LogP contribution in [0.2, 0.25) is 0 Å². The third kappa shape index (κ3) is 11.1. The van der Waals surface area contributed by atoms with E-state index < -0.39 is 0 Å². The Morgan fingerprint density at radius 2 is 1.12 bits per heavy atom. The lowest BCUT2D eigenvalue weighted by molar-refractivity contribution is -0.930. The van der Waals surface area contributed by atoms with Crippen LogP contribution in [-0.2, 0) is 13.0 Å². The van der Waals surface area contributed by atoms with Crippen LogP contribution in [0, 0.1) is 10.4 Å². The molecule has 9 heteroatoms. The van der Waals surface area contributed by atoms with E-state index >= 15 is 0 Å². The van der Waals surface area contributed by atoms with Gasteiger partial charge in [0.25, 0.3) is 0 Å². The van der Waals surface area contributed by atoms with E-state index in [1.165, 1.54) is 27.7 Å². The molecule has 2 fully saturated rings. The van der Waals surface area contributed by atoms with Crippen molar-refractivity contribution in [2.75, 3.05) is 28.2 Å². The summed E-state index contributed by atoms with van der Waals surface area (Å²) in [5.41, 5.74) is 1.74. The Kier molecular flexibility index (Phi) is 15.8. The second-order valence-electron chi connectivity index (χ2n) is 15.4. The van der Waals surface area contributed by atoms with Gasteiger partial charge in [-0.3, -0.25) is 0 Å². The zero-order valence-corrected chi connectivity index (χ0v) is 31.3. The number of hydroxylamine groups is 4. The van der Waals surface area contributed by atoms with Crippen LogP contribution in [0.1, 0.15) is 106 Å². The standard InChI is InChI=1S/C21H36N2O.C11H23N2O.BH2P.BrH/c1-8-9-17-10-12-18(13-11-17)16-23(6,7)19-14-20(2,3)22(24)21(4,5)15-19;1-10(2)7-9(12(5)6)8-11(3,4)13(10)14;1-2;/h10-13,19H,8-9,14-16H2,1-7H3;9H,7-8H2,1-6H3;2H2;1H/q;-1;;/p-1. The van der Waals surface area contributed by atoms with Gasteiger partial charge in [0.15, 0.2) is 0 Å². The van der Waals surface area contributed by atoms with Crippen LogP contribution in [0.15, 0.2) is 24.3 Å². The van der Waals surface area contributed by atoms with Crippen molar-refractivity contribution in [2.45, 2.75) is 142 Å². The average molecular weight is 656 g/mol. The van der Waals surface area contributed by atoms with Crippen molar-refractivity contribution >= 4 is 16.7 Å². The minimum absolute atomic E-state index is 0. The number of nitrogens with zero attached hydrogens (tertiary/aromatic N) is 4. The maximum absolute atomic E-state index is 12.6. The third-order valence-corrected chi connectivity index (χ3v) is 9.01. The van der Waals surface area contributed by atoms with E-state index in [0.717, 1.165) is 43.1 Å². The summed E-state index contributed by atoms with van der Waals surface area (Å²) in [5, 5.41) is 27.3. The monoisotopic (exact) mass is 654 g/mol. The maximum atomic E-state index is 12.6. The Labute approximate surface area is 268 Å². The molecule has 3 rings (SSSR count). The highest BCUT2D eigenvalue weighted by Crippen LogP contribution is 2.41. The number of benzene rings is 1. The summed E-state index contributed by atoms with van der Waals surface area (Å²) in [6.45, 7) is 19.8. The van der Waals surface area contributed by atoms with E-state index in [4.69, 9.17) is 0 Å². The first-order valence-corrected chi connectivity index (χ1v) is 15.7. The van der Waals surface area contributed by atoms with E-state index in [-0.39, 0.29) is 39.1 Å². The zero-order chi connectivity index (χ0) is 31.3. The van der Waals surface area contributed by atoms with Crippen molar-refractivity contribution in [3.63, 3.8) is 0 Å². The quantitative estimate of drug-likeness (QED) is 0.266. The van der Waals surface area contributed by atoms with Crippen molar-refractivity contribution in [1.82, 2.24) is 15.0 Å². The normalized spacial score (nSPS) is 22.6. The highest BCUT2D eigenvalue weighted by Gasteiger charge is 2.46. The Bertz CT molecular complexity index is 873. The predicted molar refractivity (Wildman–Crippen MR) is 178 cm³/mol. The molecule has 238 valence electrons. The second-order valence-corrected chi connectivity index (χ2v) is 15.4.